The minimum atomic E-state index is -3.83. The average molecular weight is 629 g/mol. The Bertz CT molecular complexity index is 1430. The Morgan fingerprint density at radius 3 is 2.02 bits per heavy atom. The molecule has 3 aromatic carbocycles. The molecule has 3 rings (SSSR count). The van der Waals surface area contributed by atoms with Crippen LogP contribution in [0.15, 0.2) is 77.3 Å². The molecule has 0 saturated heterocycles. The maximum atomic E-state index is 14.2. The number of carbonyl (C=O) groups excluding carboxylic acids is 2. The van der Waals surface area contributed by atoms with E-state index in [1.807, 2.05) is 107 Å². The molecule has 0 bridgehead atoms. The molecule has 1 unspecified atom stereocenters. The Hall–Kier alpha value is -3.17. The van der Waals surface area contributed by atoms with Crippen LogP contribution in [0.1, 0.15) is 43.0 Å². The number of para-hydroxylation sites is 1. The molecular weight excluding hydrogens is 590 g/mol. The molecule has 0 aliphatic heterocycles. The monoisotopic (exact) mass is 627 g/mol. The molecule has 40 heavy (non-hydrogen) atoms. The predicted octanol–water partition coefficient (Wildman–Crippen LogP) is 5.39. The third kappa shape index (κ3) is 8.66. The van der Waals surface area contributed by atoms with Crippen LogP contribution in [-0.4, -0.2) is 49.5 Å². The molecule has 7 nitrogen and oxygen atoms in total. The van der Waals surface area contributed by atoms with E-state index in [0.29, 0.717) is 5.69 Å². The van der Waals surface area contributed by atoms with E-state index in [4.69, 9.17) is 0 Å². The zero-order chi connectivity index (χ0) is 29.7. The lowest BCUT2D eigenvalue weighted by atomic mass is 10.0. The van der Waals surface area contributed by atoms with Crippen molar-refractivity contribution in [3.63, 3.8) is 0 Å². The van der Waals surface area contributed by atoms with Gasteiger partial charge in [0, 0.05) is 23.0 Å². The van der Waals surface area contributed by atoms with Gasteiger partial charge in [0.25, 0.3) is 0 Å². The van der Waals surface area contributed by atoms with Gasteiger partial charge >= 0.3 is 0 Å². The zero-order valence-electron chi connectivity index (χ0n) is 23.9. The van der Waals surface area contributed by atoms with Crippen LogP contribution in [0, 0.1) is 13.8 Å². The number of rotatable bonds is 10. The highest BCUT2D eigenvalue weighted by atomic mass is 79.9. The molecule has 1 N–H and O–H groups in total. The van der Waals surface area contributed by atoms with E-state index in [9.17, 15) is 18.0 Å². The number of amides is 2. The summed E-state index contributed by atoms with van der Waals surface area (Å²) in [4.78, 5) is 29.5. The van der Waals surface area contributed by atoms with Crippen LogP contribution in [0.4, 0.5) is 5.69 Å². The minimum Gasteiger partial charge on any atom is -0.350 e. The molecule has 0 aromatic heterocycles. The molecule has 214 valence electrons. The first-order valence-electron chi connectivity index (χ1n) is 13.1. The topological polar surface area (TPSA) is 86.8 Å². The number of anilines is 1. The maximum absolute atomic E-state index is 14.2. The number of nitrogens with zero attached hydrogens (tertiary/aromatic N) is 2. The molecule has 0 heterocycles. The number of sulfonamides is 1. The van der Waals surface area contributed by atoms with E-state index in [2.05, 4.69) is 21.2 Å². The van der Waals surface area contributed by atoms with Gasteiger partial charge in [0.1, 0.15) is 12.6 Å². The largest absolute Gasteiger partial charge is 0.350 e. The van der Waals surface area contributed by atoms with Crippen LogP contribution in [-0.2, 0) is 32.6 Å². The van der Waals surface area contributed by atoms with Gasteiger partial charge in [-0.2, -0.15) is 0 Å². The lowest BCUT2D eigenvalue weighted by Gasteiger charge is -2.35. The van der Waals surface area contributed by atoms with Crippen molar-refractivity contribution in [2.45, 2.75) is 59.2 Å². The molecule has 0 spiro atoms. The van der Waals surface area contributed by atoms with Crippen molar-refractivity contribution < 1.29 is 18.0 Å². The summed E-state index contributed by atoms with van der Waals surface area (Å²) < 4.78 is 28.1. The van der Waals surface area contributed by atoms with Crippen LogP contribution in [0.3, 0.4) is 0 Å². The van der Waals surface area contributed by atoms with Crippen molar-refractivity contribution in [3.05, 3.63) is 99.5 Å². The van der Waals surface area contributed by atoms with E-state index in [-0.39, 0.29) is 18.9 Å². The smallest absolute Gasteiger partial charge is 0.244 e. The van der Waals surface area contributed by atoms with Crippen LogP contribution < -0.4 is 9.62 Å². The molecule has 1 atom stereocenters. The fraction of sp³-hybridized carbons (Fsp3) is 0.355. The third-order valence-corrected chi connectivity index (χ3v) is 7.98. The van der Waals surface area contributed by atoms with Crippen LogP contribution in [0.25, 0.3) is 0 Å². The molecule has 0 saturated carbocycles. The van der Waals surface area contributed by atoms with Crippen molar-refractivity contribution in [1.29, 1.82) is 0 Å². The molecule has 0 aliphatic carbocycles. The molecule has 3 aromatic rings. The van der Waals surface area contributed by atoms with Gasteiger partial charge in [0.05, 0.1) is 11.9 Å². The number of hydrogen-bond donors (Lipinski definition) is 1. The van der Waals surface area contributed by atoms with Gasteiger partial charge in [-0.15, -0.1) is 0 Å². The summed E-state index contributed by atoms with van der Waals surface area (Å²) in [6.07, 6.45) is 1.36. The van der Waals surface area contributed by atoms with E-state index < -0.39 is 34.1 Å². The van der Waals surface area contributed by atoms with E-state index in [1.165, 1.54) is 4.90 Å². The summed E-state index contributed by atoms with van der Waals surface area (Å²) in [5, 5.41) is 3.03. The number of aryl methyl sites for hydroxylation is 2. The number of benzene rings is 3. The molecular formula is C31H38BrN3O4S. The van der Waals surface area contributed by atoms with Gasteiger partial charge in [0.2, 0.25) is 21.8 Å². The first-order valence-corrected chi connectivity index (χ1v) is 15.7. The molecule has 0 radical (unpaired) electrons. The Labute approximate surface area is 246 Å². The highest BCUT2D eigenvalue weighted by molar-refractivity contribution is 9.10. The summed E-state index contributed by atoms with van der Waals surface area (Å²) in [6.45, 7) is 8.98. The standard InChI is InChI=1S/C31H38BrN3O4S/c1-22-12-10-13-23(2)29(22)35(40(6,38)39)21-28(36)34(20-25-16-11-17-26(32)18-25)27(30(37)33-31(3,4)5)19-24-14-8-7-9-15-24/h7-18,27H,19-21H2,1-6H3,(H,33,37). The van der Waals surface area contributed by atoms with Gasteiger partial charge in [-0.1, -0.05) is 76.6 Å². The van der Waals surface area contributed by atoms with E-state index >= 15 is 0 Å². The molecule has 0 aliphatic rings. The Balaban J connectivity index is 2.11. The van der Waals surface area contributed by atoms with Gasteiger partial charge in [0.15, 0.2) is 0 Å². The minimum absolute atomic E-state index is 0.123. The fourth-order valence-electron chi connectivity index (χ4n) is 4.61. The zero-order valence-corrected chi connectivity index (χ0v) is 26.3. The Morgan fingerprint density at radius 2 is 1.48 bits per heavy atom. The quantitative estimate of drug-likeness (QED) is 0.327. The highest BCUT2D eigenvalue weighted by Crippen LogP contribution is 2.27. The summed E-state index contributed by atoms with van der Waals surface area (Å²) in [6, 6.07) is 21.6. The first kappa shape index (κ1) is 31.4. The van der Waals surface area contributed by atoms with Gasteiger partial charge in [-0.05, 0) is 69.0 Å². The summed E-state index contributed by atoms with van der Waals surface area (Å²) in [5.74, 6) is -0.782. The summed E-state index contributed by atoms with van der Waals surface area (Å²) in [7, 11) is -3.83. The maximum Gasteiger partial charge on any atom is 0.244 e. The Kier molecular flexibility index (Phi) is 10.2. The number of nitrogens with one attached hydrogen (secondary N) is 1. The lowest BCUT2D eigenvalue weighted by molar-refractivity contribution is -0.140. The first-order chi connectivity index (χ1) is 18.7. The second-order valence-electron chi connectivity index (χ2n) is 11.1. The average Bonchev–Trinajstić information content (AvgIpc) is 2.84. The molecule has 9 heteroatoms. The lowest BCUT2D eigenvalue weighted by Crippen LogP contribution is -2.56. The molecule has 0 fully saturated rings. The van der Waals surface area contributed by atoms with Crippen molar-refractivity contribution in [1.82, 2.24) is 10.2 Å². The second-order valence-corrected chi connectivity index (χ2v) is 13.9. The predicted molar refractivity (Wildman–Crippen MR) is 165 cm³/mol. The number of carbonyl (C=O) groups is 2. The second kappa shape index (κ2) is 13.0. The fourth-order valence-corrected chi connectivity index (χ4v) is 6.02. The van der Waals surface area contributed by atoms with Crippen molar-refractivity contribution in [2.24, 2.45) is 0 Å². The SMILES string of the molecule is Cc1cccc(C)c1N(CC(=O)N(Cc1cccc(Br)c1)C(Cc1ccccc1)C(=O)NC(C)(C)C)S(C)(=O)=O. The number of hydrogen-bond acceptors (Lipinski definition) is 4. The highest BCUT2D eigenvalue weighted by Gasteiger charge is 2.34. The number of halogens is 1. The van der Waals surface area contributed by atoms with Gasteiger partial charge in [-0.25, -0.2) is 8.42 Å². The van der Waals surface area contributed by atoms with E-state index in [0.717, 1.165) is 37.3 Å². The van der Waals surface area contributed by atoms with Gasteiger partial charge < -0.3 is 10.2 Å². The van der Waals surface area contributed by atoms with Crippen molar-refractivity contribution in [3.8, 4) is 0 Å². The van der Waals surface area contributed by atoms with Gasteiger partial charge in [-0.3, -0.25) is 13.9 Å². The molecule has 2 amide bonds. The summed E-state index contributed by atoms with van der Waals surface area (Å²) >= 11 is 3.49. The third-order valence-electron chi connectivity index (χ3n) is 6.38. The van der Waals surface area contributed by atoms with E-state index in [1.54, 1.807) is 0 Å². The van der Waals surface area contributed by atoms with Crippen molar-refractivity contribution >= 4 is 43.5 Å². The Morgan fingerprint density at radius 1 is 0.900 bits per heavy atom. The summed E-state index contributed by atoms with van der Waals surface area (Å²) in [5.41, 5.74) is 3.11. The van der Waals surface area contributed by atoms with Crippen molar-refractivity contribution in [2.75, 3.05) is 17.1 Å². The van der Waals surface area contributed by atoms with Crippen LogP contribution in [0.2, 0.25) is 0 Å². The normalized spacial score (nSPS) is 12.5. The van der Waals surface area contributed by atoms with Crippen LogP contribution in [0.5, 0.6) is 0 Å². The van der Waals surface area contributed by atoms with Crippen LogP contribution >= 0.6 is 15.9 Å².